The van der Waals surface area contributed by atoms with Crippen molar-refractivity contribution in [1.82, 2.24) is 10.4 Å². The number of nitrogens with zero attached hydrogens (tertiary/aromatic N) is 2. The third-order valence-electron chi connectivity index (χ3n) is 1.95. The maximum atomic E-state index is 5.28. The largest absolute Gasteiger partial charge is 0.307 e. The predicted octanol–water partition coefficient (Wildman–Crippen LogP) is 0.538. The van der Waals surface area contributed by atoms with Crippen molar-refractivity contribution >= 4 is 5.84 Å². The van der Waals surface area contributed by atoms with E-state index in [4.69, 9.17) is 5.84 Å². The van der Waals surface area contributed by atoms with Crippen LogP contribution in [0.1, 0.15) is 17.0 Å². The third kappa shape index (κ3) is 2.03. The summed E-state index contributed by atoms with van der Waals surface area (Å²) in [5.74, 6) is 5.88. The smallest absolute Gasteiger partial charge is 0.161 e. The molecule has 0 atom stereocenters. The molecule has 0 bridgehead atoms. The van der Waals surface area contributed by atoms with Gasteiger partial charge < -0.3 is 5.43 Å². The van der Waals surface area contributed by atoms with Gasteiger partial charge in [-0.2, -0.15) is 0 Å². The zero-order valence-corrected chi connectivity index (χ0v) is 8.13. The van der Waals surface area contributed by atoms with Crippen LogP contribution in [0.3, 0.4) is 0 Å². The molecule has 3 N–H and O–H groups in total. The predicted molar refractivity (Wildman–Crippen MR) is 53.5 cm³/mol. The average Bonchev–Trinajstić information content (AvgIpc) is 2.13. The maximum absolute atomic E-state index is 5.28. The Morgan fingerprint density at radius 2 is 2.15 bits per heavy atom. The molecule has 1 aromatic heterocycles. The maximum Gasteiger partial charge on any atom is 0.161 e. The Hall–Kier alpha value is -1.42. The van der Waals surface area contributed by atoms with Crippen molar-refractivity contribution in [3.63, 3.8) is 0 Å². The number of pyridine rings is 1. The van der Waals surface area contributed by atoms with E-state index in [0.29, 0.717) is 5.84 Å². The quantitative estimate of drug-likeness (QED) is 0.285. The lowest BCUT2D eigenvalue weighted by Crippen LogP contribution is -2.31. The lowest BCUT2D eigenvalue weighted by molar-refractivity contribution is 0.997. The van der Waals surface area contributed by atoms with Gasteiger partial charge in [0.05, 0.1) is 0 Å². The van der Waals surface area contributed by atoms with E-state index in [9.17, 15) is 0 Å². The molecular weight excluding hydrogens is 164 g/mol. The molecule has 13 heavy (non-hydrogen) atoms. The van der Waals surface area contributed by atoms with Gasteiger partial charge in [-0.05, 0) is 25.5 Å². The Labute approximate surface area is 77.9 Å². The fourth-order valence-corrected chi connectivity index (χ4v) is 1.02. The molecule has 4 nitrogen and oxygen atoms in total. The molecule has 4 heteroatoms. The number of nitrogens with one attached hydrogen (secondary N) is 1. The summed E-state index contributed by atoms with van der Waals surface area (Å²) in [6.45, 7) is 3.98. The van der Waals surface area contributed by atoms with E-state index in [0.717, 1.165) is 17.0 Å². The van der Waals surface area contributed by atoms with Crippen molar-refractivity contribution in [2.45, 2.75) is 13.8 Å². The minimum Gasteiger partial charge on any atom is -0.307 e. The fourth-order valence-electron chi connectivity index (χ4n) is 1.02. The van der Waals surface area contributed by atoms with Crippen molar-refractivity contribution < 1.29 is 0 Å². The first-order chi connectivity index (χ1) is 6.19. The van der Waals surface area contributed by atoms with Crippen LogP contribution in [0, 0.1) is 13.8 Å². The summed E-state index contributed by atoms with van der Waals surface area (Å²) in [6.07, 6.45) is 0. The minimum absolute atomic E-state index is 0.600. The van der Waals surface area contributed by atoms with Crippen LogP contribution in [0.4, 0.5) is 0 Å². The third-order valence-corrected chi connectivity index (χ3v) is 1.95. The molecule has 0 saturated heterocycles. The second kappa shape index (κ2) is 4.00. The van der Waals surface area contributed by atoms with Crippen molar-refractivity contribution in [2.75, 3.05) is 7.05 Å². The number of nitrogens with two attached hydrogens (primary N) is 1. The van der Waals surface area contributed by atoms with Gasteiger partial charge in [0.25, 0.3) is 0 Å². The first-order valence-corrected chi connectivity index (χ1v) is 4.07. The van der Waals surface area contributed by atoms with Gasteiger partial charge in [0.1, 0.15) is 5.69 Å². The number of hydrogen-bond acceptors (Lipinski definition) is 3. The Bertz CT molecular complexity index is 330. The second-order valence-corrected chi connectivity index (χ2v) is 2.82. The highest BCUT2D eigenvalue weighted by Crippen LogP contribution is 2.04. The first kappa shape index (κ1) is 9.67. The summed E-state index contributed by atoms with van der Waals surface area (Å²) >= 11 is 0. The Morgan fingerprint density at radius 3 is 2.62 bits per heavy atom. The van der Waals surface area contributed by atoms with Crippen LogP contribution in [0.2, 0.25) is 0 Å². The van der Waals surface area contributed by atoms with Crippen molar-refractivity contribution in [3.05, 3.63) is 29.1 Å². The molecule has 0 spiro atoms. The number of amidine groups is 1. The van der Waals surface area contributed by atoms with Crippen molar-refractivity contribution in [3.8, 4) is 0 Å². The molecule has 0 aliphatic rings. The fraction of sp³-hybridized carbons (Fsp3) is 0.333. The summed E-state index contributed by atoms with van der Waals surface area (Å²) in [6, 6.07) is 3.89. The average molecular weight is 178 g/mol. The highest BCUT2D eigenvalue weighted by atomic mass is 15.3. The lowest BCUT2D eigenvalue weighted by Gasteiger charge is -2.05. The van der Waals surface area contributed by atoms with Gasteiger partial charge in [0.15, 0.2) is 5.84 Å². The van der Waals surface area contributed by atoms with Crippen LogP contribution in [-0.2, 0) is 0 Å². The summed E-state index contributed by atoms with van der Waals surface area (Å²) < 4.78 is 0. The SMILES string of the molecule is CN=C(NN)c1ccc(C)c(C)n1. The topological polar surface area (TPSA) is 63.3 Å². The van der Waals surface area contributed by atoms with Crippen molar-refractivity contribution in [1.29, 1.82) is 0 Å². The molecule has 0 radical (unpaired) electrons. The Morgan fingerprint density at radius 1 is 1.46 bits per heavy atom. The van der Waals surface area contributed by atoms with Crippen LogP contribution >= 0.6 is 0 Å². The number of rotatable bonds is 1. The monoisotopic (exact) mass is 178 g/mol. The Kier molecular flexibility index (Phi) is 2.97. The molecule has 0 saturated carbocycles. The van der Waals surface area contributed by atoms with E-state index in [1.807, 2.05) is 26.0 Å². The molecular formula is C9H14N4. The highest BCUT2D eigenvalue weighted by molar-refractivity contribution is 5.96. The summed E-state index contributed by atoms with van der Waals surface area (Å²) in [4.78, 5) is 8.31. The summed E-state index contributed by atoms with van der Waals surface area (Å²) in [7, 11) is 1.67. The van der Waals surface area contributed by atoms with E-state index >= 15 is 0 Å². The first-order valence-electron chi connectivity index (χ1n) is 4.07. The number of hydrogen-bond donors (Lipinski definition) is 2. The van der Waals surface area contributed by atoms with Gasteiger partial charge >= 0.3 is 0 Å². The van der Waals surface area contributed by atoms with Crippen LogP contribution in [0.5, 0.6) is 0 Å². The lowest BCUT2D eigenvalue weighted by atomic mass is 10.2. The molecule has 70 valence electrons. The number of hydrazine groups is 1. The molecule has 0 amide bonds. The van der Waals surface area contributed by atoms with E-state index in [2.05, 4.69) is 15.4 Å². The molecule has 0 aromatic carbocycles. The Balaban J connectivity index is 3.10. The van der Waals surface area contributed by atoms with Gasteiger partial charge in [-0.3, -0.25) is 4.99 Å². The second-order valence-electron chi connectivity index (χ2n) is 2.82. The van der Waals surface area contributed by atoms with E-state index in [1.165, 1.54) is 0 Å². The van der Waals surface area contributed by atoms with Gasteiger partial charge in [0.2, 0.25) is 0 Å². The van der Waals surface area contributed by atoms with Gasteiger partial charge in [-0.25, -0.2) is 10.8 Å². The number of aliphatic imine (C=N–C) groups is 1. The van der Waals surface area contributed by atoms with E-state index < -0.39 is 0 Å². The molecule has 1 rings (SSSR count). The number of aromatic nitrogens is 1. The number of aryl methyl sites for hydroxylation is 2. The van der Waals surface area contributed by atoms with Gasteiger partial charge in [-0.1, -0.05) is 6.07 Å². The minimum atomic E-state index is 0.600. The van der Waals surface area contributed by atoms with E-state index in [1.54, 1.807) is 7.05 Å². The zero-order valence-electron chi connectivity index (χ0n) is 8.13. The summed E-state index contributed by atoms with van der Waals surface area (Å²) in [5, 5.41) is 0. The van der Waals surface area contributed by atoms with Crippen LogP contribution in [-0.4, -0.2) is 17.9 Å². The highest BCUT2D eigenvalue weighted by Gasteiger charge is 2.02. The molecule has 0 aliphatic heterocycles. The molecule has 0 unspecified atom stereocenters. The van der Waals surface area contributed by atoms with E-state index in [-0.39, 0.29) is 0 Å². The molecule has 1 heterocycles. The normalized spacial score (nSPS) is 11.5. The zero-order chi connectivity index (χ0) is 9.84. The van der Waals surface area contributed by atoms with Gasteiger partial charge in [-0.15, -0.1) is 0 Å². The standard InChI is InChI=1S/C9H14N4/c1-6-4-5-8(12-7(6)2)9(11-3)13-10/h4-5H,10H2,1-3H3,(H,11,13). The van der Waals surface area contributed by atoms with Gasteiger partial charge in [0, 0.05) is 12.7 Å². The summed E-state index contributed by atoms with van der Waals surface area (Å²) in [5.41, 5.74) is 5.43. The van der Waals surface area contributed by atoms with Crippen LogP contribution < -0.4 is 11.3 Å². The molecule has 0 aliphatic carbocycles. The molecule has 0 fully saturated rings. The molecule has 1 aromatic rings. The van der Waals surface area contributed by atoms with Crippen LogP contribution in [0.25, 0.3) is 0 Å². The van der Waals surface area contributed by atoms with Crippen LogP contribution in [0.15, 0.2) is 17.1 Å². The van der Waals surface area contributed by atoms with Crippen molar-refractivity contribution in [2.24, 2.45) is 10.8 Å².